The Bertz CT molecular complexity index is 1400. The monoisotopic (exact) mass is 542 g/mol. The molecule has 0 aliphatic carbocycles. The lowest BCUT2D eigenvalue weighted by Gasteiger charge is -2.10. The van der Waals surface area contributed by atoms with Gasteiger partial charge in [-0.3, -0.25) is 0 Å². The number of benzene rings is 3. The fraction of sp³-hybridized carbons (Fsp3) is 0.312. The molecule has 0 aliphatic rings. The highest BCUT2D eigenvalue weighted by Gasteiger charge is 2.14. The van der Waals surface area contributed by atoms with Crippen molar-refractivity contribution < 1.29 is 18.3 Å². The average Bonchev–Trinajstić information content (AvgIpc) is 3.54. The summed E-state index contributed by atoms with van der Waals surface area (Å²) in [5.74, 6) is 1.06. The fourth-order valence-corrected chi connectivity index (χ4v) is 4.84. The van der Waals surface area contributed by atoms with E-state index in [1.165, 1.54) is 11.1 Å². The van der Waals surface area contributed by atoms with Gasteiger partial charge in [0.15, 0.2) is 0 Å². The van der Waals surface area contributed by atoms with Crippen LogP contribution >= 0.6 is 0 Å². The van der Waals surface area contributed by atoms with Crippen LogP contribution < -0.4 is 30.7 Å². The van der Waals surface area contributed by atoms with Crippen LogP contribution in [0, 0.1) is 0 Å². The van der Waals surface area contributed by atoms with Gasteiger partial charge in [-0.1, -0.05) is 48.5 Å². The summed E-state index contributed by atoms with van der Waals surface area (Å²) >= 11 is 0. The van der Waals surface area contributed by atoms with Crippen LogP contribution in [0.3, 0.4) is 0 Å². The van der Waals surface area contributed by atoms with Crippen molar-refractivity contribution in [2.24, 2.45) is 0 Å². The van der Waals surface area contributed by atoms with Gasteiger partial charge in [0.2, 0.25) is 0 Å². The van der Waals surface area contributed by atoms with E-state index in [0.29, 0.717) is 11.9 Å². The van der Waals surface area contributed by atoms with Crippen molar-refractivity contribution in [2.75, 3.05) is 51.0 Å². The number of fused-ring (bicyclic) bond motifs is 2. The summed E-state index contributed by atoms with van der Waals surface area (Å²) in [5.41, 5.74) is 6.07. The molecular formula is C32H38N4O4. The zero-order valence-corrected chi connectivity index (χ0v) is 23.2. The van der Waals surface area contributed by atoms with Crippen LogP contribution in [0.2, 0.25) is 0 Å². The Morgan fingerprint density at radius 3 is 1.52 bits per heavy atom. The molecule has 40 heavy (non-hydrogen) atoms. The number of furan rings is 2. The van der Waals surface area contributed by atoms with Crippen molar-refractivity contribution in [1.29, 1.82) is 0 Å². The number of anilines is 2. The summed E-state index contributed by atoms with van der Waals surface area (Å²) in [7, 11) is 3.26. The molecule has 0 spiro atoms. The highest BCUT2D eigenvalue weighted by molar-refractivity contribution is 5.94. The van der Waals surface area contributed by atoms with E-state index in [2.05, 4.69) is 45.5 Å². The number of para-hydroxylation sites is 2. The first-order valence-corrected chi connectivity index (χ1v) is 13.8. The third-order valence-electron chi connectivity index (χ3n) is 6.81. The highest BCUT2D eigenvalue weighted by Crippen LogP contribution is 2.37. The molecule has 0 bridgehead atoms. The van der Waals surface area contributed by atoms with Crippen LogP contribution in [-0.2, 0) is 13.1 Å². The van der Waals surface area contributed by atoms with Gasteiger partial charge in [-0.05, 0) is 61.3 Å². The maximum atomic E-state index is 5.76. The second kappa shape index (κ2) is 13.8. The van der Waals surface area contributed by atoms with Gasteiger partial charge in [0, 0.05) is 37.0 Å². The lowest BCUT2D eigenvalue weighted by molar-refractivity contribution is 0.317. The van der Waals surface area contributed by atoms with Crippen molar-refractivity contribution in [3.63, 3.8) is 0 Å². The molecule has 2 aromatic heterocycles. The van der Waals surface area contributed by atoms with Crippen LogP contribution in [0.4, 0.5) is 11.4 Å². The Balaban J connectivity index is 0.980. The Morgan fingerprint density at radius 2 is 1.05 bits per heavy atom. The Labute approximate surface area is 235 Å². The van der Waals surface area contributed by atoms with Crippen LogP contribution in [0.5, 0.6) is 11.9 Å². The number of nitrogens with one attached hydrogen (secondary N) is 4. The summed E-state index contributed by atoms with van der Waals surface area (Å²) < 4.78 is 22.3. The minimum absolute atomic E-state index is 0.530. The van der Waals surface area contributed by atoms with E-state index < -0.39 is 0 Å². The molecule has 0 atom stereocenters. The fourth-order valence-electron chi connectivity index (χ4n) is 4.84. The molecule has 210 valence electrons. The van der Waals surface area contributed by atoms with E-state index in [1.54, 1.807) is 14.2 Å². The number of rotatable bonds is 16. The van der Waals surface area contributed by atoms with Crippen LogP contribution in [0.25, 0.3) is 21.9 Å². The smallest absolute Gasteiger partial charge is 0.309 e. The van der Waals surface area contributed by atoms with Gasteiger partial charge < -0.3 is 39.6 Å². The minimum Gasteiger partial charge on any atom is -0.467 e. The van der Waals surface area contributed by atoms with Crippen LogP contribution in [0.15, 0.2) is 81.6 Å². The molecule has 4 N–H and O–H groups in total. The first kappa shape index (κ1) is 27.4. The third-order valence-corrected chi connectivity index (χ3v) is 6.81. The number of ether oxygens (including phenoxy) is 2. The van der Waals surface area contributed by atoms with Crippen LogP contribution in [-0.4, -0.2) is 40.4 Å². The molecule has 8 heteroatoms. The first-order chi connectivity index (χ1) is 19.8. The summed E-state index contributed by atoms with van der Waals surface area (Å²) in [5, 5.41) is 16.1. The van der Waals surface area contributed by atoms with Gasteiger partial charge in [0.25, 0.3) is 0 Å². The van der Waals surface area contributed by atoms with Crippen molar-refractivity contribution >= 4 is 33.3 Å². The lowest BCUT2D eigenvalue weighted by atomic mass is 10.1. The zero-order chi connectivity index (χ0) is 27.6. The van der Waals surface area contributed by atoms with E-state index in [4.69, 9.17) is 18.3 Å². The molecule has 2 heterocycles. The van der Waals surface area contributed by atoms with Gasteiger partial charge in [0.1, 0.15) is 22.5 Å². The van der Waals surface area contributed by atoms with Gasteiger partial charge in [-0.15, -0.1) is 0 Å². The molecule has 0 aliphatic heterocycles. The van der Waals surface area contributed by atoms with Crippen molar-refractivity contribution in [1.82, 2.24) is 10.6 Å². The molecule has 5 rings (SSSR count). The lowest BCUT2D eigenvalue weighted by Crippen LogP contribution is -2.19. The maximum absolute atomic E-state index is 5.76. The predicted molar refractivity (Wildman–Crippen MR) is 162 cm³/mol. The summed E-state index contributed by atoms with van der Waals surface area (Å²) in [6, 6.07) is 24.7. The molecule has 8 nitrogen and oxygen atoms in total. The summed E-state index contributed by atoms with van der Waals surface area (Å²) in [6.07, 6.45) is 1.97. The van der Waals surface area contributed by atoms with Crippen LogP contribution in [0.1, 0.15) is 24.0 Å². The normalized spacial score (nSPS) is 11.2. The first-order valence-electron chi connectivity index (χ1n) is 13.8. The molecule has 5 aromatic rings. The molecule has 0 unspecified atom stereocenters. The van der Waals surface area contributed by atoms with E-state index in [0.717, 1.165) is 85.4 Å². The molecule has 0 fully saturated rings. The quantitative estimate of drug-likeness (QED) is 0.107. The van der Waals surface area contributed by atoms with E-state index >= 15 is 0 Å². The van der Waals surface area contributed by atoms with Crippen molar-refractivity contribution in [3.8, 4) is 11.9 Å². The van der Waals surface area contributed by atoms with E-state index in [1.807, 2.05) is 48.5 Å². The Morgan fingerprint density at radius 1 is 0.575 bits per heavy atom. The third kappa shape index (κ3) is 6.70. The standard InChI is InChI=1S/C32H38N4O4/c1-37-31-29(25-12-3-5-14-27(25)39-31)35-18-8-16-33-21-23-10-7-11-24(20-23)22-34-17-9-19-36-30-26-13-4-6-15-28(26)40-32(30)38-2/h3-7,10-15,20,33-36H,8-9,16-19,21-22H2,1-2H3. The largest absolute Gasteiger partial charge is 0.467 e. The Kier molecular flexibility index (Phi) is 9.45. The van der Waals surface area contributed by atoms with Gasteiger partial charge >= 0.3 is 11.9 Å². The van der Waals surface area contributed by atoms with Gasteiger partial charge in [0.05, 0.1) is 14.2 Å². The van der Waals surface area contributed by atoms with Gasteiger partial charge in [-0.25, -0.2) is 0 Å². The molecule has 3 aromatic carbocycles. The second-order valence-corrected chi connectivity index (χ2v) is 9.66. The number of hydrogen-bond acceptors (Lipinski definition) is 8. The topological polar surface area (TPSA) is 92.9 Å². The summed E-state index contributed by atoms with van der Waals surface area (Å²) in [4.78, 5) is 0. The molecular weight excluding hydrogens is 504 g/mol. The molecule has 0 radical (unpaired) electrons. The van der Waals surface area contributed by atoms with E-state index in [-0.39, 0.29) is 0 Å². The predicted octanol–water partition coefficient (Wildman–Crippen LogP) is 6.38. The van der Waals surface area contributed by atoms with Crippen molar-refractivity contribution in [2.45, 2.75) is 25.9 Å². The minimum atomic E-state index is 0.530. The number of methoxy groups -OCH3 is 2. The van der Waals surface area contributed by atoms with Crippen molar-refractivity contribution in [3.05, 3.63) is 83.9 Å². The SMILES string of the molecule is COc1oc2ccccc2c1NCCCNCc1cccc(CNCCCNc2c(OC)oc3ccccc23)c1. The molecule has 0 saturated carbocycles. The Hall–Kier alpha value is -4.14. The van der Waals surface area contributed by atoms with Gasteiger partial charge in [-0.2, -0.15) is 0 Å². The molecule has 0 amide bonds. The number of hydrogen-bond donors (Lipinski definition) is 4. The highest BCUT2D eigenvalue weighted by atomic mass is 16.6. The zero-order valence-electron chi connectivity index (χ0n) is 23.2. The average molecular weight is 543 g/mol. The molecule has 0 saturated heterocycles. The van der Waals surface area contributed by atoms with E-state index in [9.17, 15) is 0 Å². The second-order valence-electron chi connectivity index (χ2n) is 9.66. The summed E-state index contributed by atoms with van der Waals surface area (Å²) in [6.45, 7) is 5.17. The maximum Gasteiger partial charge on any atom is 0.309 e.